The standard InChI is InChI=1S/C19H23N3O3/c23-17-6-3-5-16(18(24)21-17)22-11-13-10-12(7-8-14(13)19(22)25)15-4-1-2-9-20-15/h7-8,10,15-16,20H,1-6,9,11H2,(H,21,23,24). The van der Waals surface area contributed by atoms with E-state index in [-0.39, 0.29) is 17.7 Å². The maximum atomic E-state index is 12.8. The van der Waals surface area contributed by atoms with E-state index < -0.39 is 6.04 Å². The summed E-state index contributed by atoms with van der Waals surface area (Å²) in [7, 11) is 0. The van der Waals surface area contributed by atoms with Crippen LogP contribution in [0.25, 0.3) is 0 Å². The van der Waals surface area contributed by atoms with Crippen molar-refractivity contribution in [2.45, 2.75) is 57.2 Å². The van der Waals surface area contributed by atoms with Gasteiger partial charge in [0.1, 0.15) is 6.04 Å². The lowest BCUT2D eigenvalue weighted by atomic mass is 9.95. The number of nitrogens with zero attached hydrogens (tertiary/aromatic N) is 1. The number of imide groups is 1. The van der Waals surface area contributed by atoms with Gasteiger partial charge in [0.15, 0.2) is 0 Å². The Hall–Kier alpha value is -2.21. The Morgan fingerprint density at radius 3 is 2.72 bits per heavy atom. The molecular weight excluding hydrogens is 318 g/mol. The summed E-state index contributed by atoms with van der Waals surface area (Å²) in [6, 6.07) is 5.82. The number of carbonyl (C=O) groups excluding carboxylic acids is 3. The molecule has 6 nitrogen and oxygen atoms in total. The predicted octanol–water partition coefficient (Wildman–Crippen LogP) is 1.65. The second kappa shape index (κ2) is 6.59. The van der Waals surface area contributed by atoms with Crippen LogP contribution >= 0.6 is 0 Å². The van der Waals surface area contributed by atoms with Gasteiger partial charge in [0, 0.05) is 24.6 Å². The van der Waals surface area contributed by atoms with Crippen molar-refractivity contribution < 1.29 is 14.4 Å². The summed E-state index contributed by atoms with van der Waals surface area (Å²) in [5, 5.41) is 5.93. The summed E-state index contributed by atoms with van der Waals surface area (Å²) in [6.07, 6.45) is 5.05. The van der Waals surface area contributed by atoms with Crippen LogP contribution in [-0.4, -0.2) is 35.2 Å². The highest BCUT2D eigenvalue weighted by Crippen LogP contribution is 2.31. The maximum Gasteiger partial charge on any atom is 0.255 e. The van der Waals surface area contributed by atoms with E-state index in [4.69, 9.17) is 0 Å². The topological polar surface area (TPSA) is 78.5 Å². The Kier molecular flexibility index (Phi) is 4.29. The summed E-state index contributed by atoms with van der Waals surface area (Å²) in [6.45, 7) is 1.48. The van der Waals surface area contributed by atoms with Crippen molar-refractivity contribution in [1.82, 2.24) is 15.5 Å². The normalized spacial score (nSPS) is 27.0. The lowest BCUT2D eigenvalue weighted by Crippen LogP contribution is -2.46. The van der Waals surface area contributed by atoms with Gasteiger partial charge >= 0.3 is 0 Å². The largest absolute Gasteiger partial charge is 0.322 e. The molecule has 0 saturated carbocycles. The van der Waals surface area contributed by atoms with Crippen LogP contribution in [0.4, 0.5) is 0 Å². The molecule has 0 aromatic heterocycles. The highest BCUT2D eigenvalue weighted by molar-refractivity contribution is 6.04. The highest BCUT2D eigenvalue weighted by atomic mass is 16.2. The number of fused-ring (bicyclic) bond motifs is 1. The van der Waals surface area contributed by atoms with E-state index in [1.54, 1.807) is 4.90 Å². The Morgan fingerprint density at radius 2 is 1.92 bits per heavy atom. The fraction of sp³-hybridized carbons (Fsp3) is 0.526. The van der Waals surface area contributed by atoms with Crippen molar-refractivity contribution in [1.29, 1.82) is 0 Å². The minimum Gasteiger partial charge on any atom is -0.322 e. The van der Waals surface area contributed by atoms with Crippen LogP contribution in [0.15, 0.2) is 18.2 Å². The first-order chi connectivity index (χ1) is 12.1. The first-order valence-corrected chi connectivity index (χ1v) is 9.14. The molecule has 2 atom stereocenters. The molecule has 25 heavy (non-hydrogen) atoms. The maximum absolute atomic E-state index is 12.8. The molecule has 3 aliphatic heterocycles. The second-order valence-electron chi connectivity index (χ2n) is 7.17. The van der Waals surface area contributed by atoms with Gasteiger partial charge in [0.05, 0.1) is 0 Å². The van der Waals surface area contributed by atoms with Crippen LogP contribution in [0.5, 0.6) is 0 Å². The van der Waals surface area contributed by atoms with Gasteiger partial charge in [-0.3, -0.25) is 19.7 Å². The van der Waals surface area contributed by atoms with E-state index in [1.807, 2.05) is 12.1 Å². The molecule has 6 heteroatoms. The van der Waals surface area contributed by atoms with Crippen molar-refractivity contribution in [3.8, 4) is 0 Å². The first-order valence-electron chi connectivity index (χ1n) is 9.14. The third kappa shape index (κ3) is 3.06. The lowest BCUT2D eigenvalue weighted by Gasteiger charge is -2.25. The number of piperidine rings is 1. The molecule has 132 valence electrons. The van der Waals surface area contributed by atoms with Gasteiger partial charge in [-0.2, -0.15) is 0 Å². The molecule has 2 saturated heterocycles. The van der Waals surface area contributed by atoms with Crippen LogP contribution in [0, 0.1) is 0 Å². The van der Waals surface area contributed by atoms with E-state index in [0.29, 0.717) is 37.4 Å². The molecule has 3 aliphatic rings. The quantitative estimate of drug-likeness (QED) is 0.802. The number of benzene rings is 1. The van der Waals surface area contributed by atoms with Crippen molar-refractivity contribution in [3.63, 3.8) is 0 Å². The summed E-state index contributed by atoms with van der Waals surface area (Å²) in [5.41, 5.74) is 2.88. The summed E-state index contributed by atoms with van der Waals surface area (Å²) in [4.78, 5) is 38.2. The fourth-order valence-corrected chi connectivity index (χ4v) is 4.14. The minimum absolute atomic E-state index is 0.104. The second-order valence-corrected chi connectivity index (χ2v) is 7.17. The lowest BCUT2D eigenvalue weighted by molar-refractivity contribution is -0.132. The van der Waals surface area contributed by atoms with E-state index in [2.05, 4.69) is 16.7 Å². The van der Waals surface area contributed by atoms with Crippen LogP contribution in [-0.2, 0) is 16.1 Å². The van der Waals surface area contributed by atoms with Gasteiger partial charge in [0.25, 0.3) is 5.91 Å². The monoisotopic (exact) mass is 341 g/mol. The number of hydrogen-bond donors (Lipinski definition) is 2. The van der Waals surface area contributed by atoms with Crippen molar-refractivity contribution in [2.75, 3.05) is 6.54 Å². The van der Waals surface area contributed by atoms with Gasteiger partial charge in [-0.1, -0.05) is 18.6 Å². The Balaban J connectivity index is 1.56. The molecular formula is C19H23N3O3. The molecule has 2 N–H and O–H groups in total. The van der Waals surface area contributed by atoms with Gasteiger partial charge in [-0.25, -0.2) is 0 Å². The molecule has 1 aromatic carbocycles. The van der Waals surface area contributed by atoms with Crippen LogP contribution in [0.2, 0.25) is 0 Å². The molecule has 4 rings (SSSR count). The smallest absolute Gasteiger partial charge is 0.255 e. The number of carbonyl (C=O) groups is 3. The number of amides is 3. The SMILES string of the molecule is O=C1CCCC(N2Cc3cc(C4CCCCN4)ccc3C2=O)C(=O)N1. The molecule has 2 fully saturated rings. The molecule has 0 radical (unpaired) electrons. The van der Waals surface area contributed by atoms with Gasteiger partial charge < -0.3 is 10.2 Å². The van der Waals surface area contributed by atoms with E-state index in [9.17, 15) is 14.4 Å². The molecule has 3 amide bonds. The summed E-state index contributed by atoms with van der Waals surface area (Å²) < 4.78 is 0. The Morgan fingerprint density at radius 1 is 1.04 bits per heavy atom. The summed E-state index contributed by atoms with van der Waals surface area (Å²) in [5.74, 6) is -0.701. The van der Waals surface area contributed by atoms with Crippen LogP contribution in [0.1, 0.15) is 66.1 Å². The Bertz CT molecular complexity index is 725. The third-order valence-electron chi connectivity index (χ3n) is 5.50. The molecule has 2 unspecified atom stereocenters. The fourth-order valence-electron chi connectivity index (χ4n) is 4.14. The highest BCUT2D eigenvalue weighted by Gasteiger charge is 2.38. The van der Waals surface area contributed by atoms with Crippen molar-refractivity contribution in [3.05, 3.63) is 34.9 Å². The number of hydrogen-bond acceptors (Lipinski definition) is 4. The van der Waals surface area contributed by atoms with Crippen LogP contribution < -0.4 is 10.6 Å². The van der Waals surface area contributed by atoms with E-state index in [1.165, 1.54) is 18.4 Å². The zero-order chi connectivity index (χ0) is 17.4. The number of rotatable bonds is 2. The minimum atomic E-state index is -0.553. The molecule has 0 aliphatic carbocycles. The Labute approximate surface area is 147 Å². The van der Waals surface area contributed by atoms with Gasteiger partial charge in [0.2, 0.25) is 11.8 Å². The van der Waals surface area contributed by atoms with Crippen LogP contribution in [0.3, 0.4) is 0 Å². The average Bonchev–Trinajstić information content (AvgIpc) is 2.84. The van der Waals surface area contributed by atoms with Crippen molar-refractivity contribution in [2.24, 2.45) is 0 Å². The molecule has 3 heterocycles. The molecule has 0 spiro atoms. The zero-order valence-corrected chi connectivity index (χ0v) is 14.2. The third-order valence-corrected chi connectivity index (χ3v) is 5.50. The first kappa shape index (κ1) is 16.3. The van der Waals surface area contributed by atoms with Gasteiger partial charge in [-0.15, -0.1) is 0 Å². The summed E-state index contributed by atoms with van der Waals surface area (Å²) >= 11 is 0. The van der Waals surface area contributed by atoms with Gasteiger partial charge in [-0.05, 0) is 49.4 Å². The predicted molar refractivity (Wildman–Crippen MR) is 91.7 cm³/mol. The molecule has 0 bridgehead atoms. The number of nitrogens with one attached hydrogen (secondary N) is 2. The van der Waals surface area contributed by atoms with Crippen molar-refractivity contribution >= 4 is 17.7 Å². The molecule has 1 aromatic rings. The van der Waals surface area contributed by atoms with E-state index >= 15 is 0 Å². The average molecular weight is 341 g/mol. The van der Waals surface area contributed by atoms with E-state index in [0.717, 1.165) is 18.5 Å². The zero-order valence-electron chi connectivity index (χ0n) is 14.2.